The van der Waals surface area contributed by atoms with E-state index in [-0.39, 0.29) is 11.7 Å². The smallest absolute Gasteiger partial charge is 0.131 e. The molecule has 0 fully saturated rings. The van der Waals surface area contributed by atoms with Crippen LogP contribution >= 0.6 is 11.6 Å². The first-order valence-electron chi connectivity index (χ1n) is 7.25. The minimum atomic E-state index is -0.357. The third-order valence-corrected chi connectivity index (χ3v) is 3.42. The highest BCUT2D eigenvalue weighted by atomic mass is 35.5. The molecular formula is C19H24ClFO. The lowest BCUT2D eigenvalue weighted by atomic mass is 9.97. The van der Waals surface area contributed by atoms with Gasteiger partial charge in [0.15, 0.2) is 0 Å². The van der Waals surface area contributed by atoms with E-state index < -0.39 is 0 Å². The molecule has 1 aromatic rings. The second-order valence-corrected chi connectivity index (χ2v) is 5.66. The summed E-state index contributed by atoms with van der Waals surface area (Å²) in [7, 11) is 0. The molecular weight excluding hydrogens is 299 g/mol. The SMILES string of the molecule is C=C/C=C(\C=C)c1ccc(C(C)C=O)cc1F.CCC(C)Cl. The molecule has 0 radical (unpaired) electrons. The lowest BCUT2D eigenvalue weighted by Gasteiger charge is -2.08. The van der Waals surface area contributed by atoms with Gasteiger partial charge >= 0.3 is 0 Å². The van der Waals surface area contributed by atoms with Crippen molar-refractivity contribution in [1.82, 2.24) is 0 Å². The second kappa shape index (κ2) is 11.0. The van der Waals surface area contributed by atoms with Crippen LogP contribution in [0.4, 0.5) is 4.39 Å². The molecule has 0 amide bonds. The molecule has 1 aromatic carbocycles. The Morgan fingerprint density at radius 3 is 2.32 bits per heavy atom. The summed E-state index contributed by atoms with van der Waals surface area (Å²) in [5, 5.41) is 0.356. The van der Waals surface area contributed by atoms with Gasteiger partial charge < -0.3 is 4.79 Å². The van der Waals surface area contributed by atoms with Crippen LogP contribution < -0.4 is 0 Å². The highest BCUT2D eigenvalue weighted by Gasteiger charge is 2.09. The molecule has 0 saturated heterocycles. The van der Waals surface area contributed by atoms with Gasteiger partial charge in [0.1, 0.15) is 12.1 Å². The van der Waals surface area contributed by atoms with Gasteiger partial charge in [-0.25, -0.2) is 4.39 Å². The van der Waals surface area contributed by atoms with Crippen molar-refractivity contribution in [1.29, 1.82) is 0 Å². The lowest BCUT2D eigenvalue weighted by Crippen LogP contribution is -1.97. The summed E-state index contributed by atoms with van der Waals surface area (Å²) in [5.41, 5.74) is 1.80. The Labute approximate surface area is 138 Å². The number of hydrogen-bond acceptors (Lipinski definition) is 1. The maximum atomic E-state index is 13.9. The monoisotopic (exact) mass is 322 g/mol. The zero-order valence-corrected chi connectivity index (χ0v) is 14.2. The predicted octanol–water partition coefficient (Wildman–Crippen LogP) is 5.91. The average Bonchev–Trinajstić information content (AvgIpc) is 2.52. The maximum absolute atomic E-state index is 13.9. The van der Waals surface area contributed by atoms with Crippen LogP contribution in [0.1, 0.15) is 44.2 Å². The molecule has 22 heavy (non-hydrogen) atoms. The molecule has 1 nitrogen and oxygen atoms in total. The number of alkyl halides is 1. The fourth-order valence-electron chi connectivity index (χ4n) is 1.52. The third-order valence-electron chi connectivity index (χ3n) is 3.11. The molecule has 2 unspecified atom stereocenters. The standard InChI is InChI=1S/C15H15FO.C4H9Cl/c1-4-6-12(5-2)14-8-7-13(9-15(14)16)11(3)10-17;1-3-4(2)5/h4-11H,1-2H2,3H3;4H,3H2,1-2H3/b12-6+;. The number of aldehydes is 1. The first-order chi connectivity index (χ1) is 10.4. The Balaban J connectivity index is 0.000000763. The molecule has 2 atom stereocenters. The van der Waals surface area contributed by atoms with Gasteiger partial charge in [0.25, 0.3) is 0 Å². The van der Waals surface area contributed by atoms with E-state index >= 15 is 0 Å². The van der Waals surface area contributed by atoms with Crippen LogP contribution in [0.15, 0.2) is 49.6 Å². The Morgan fingerprint density at radius 2 is 1.95 bits per heavy atom. The number of halogens is 2. The number of carbonyl (C=O) groups is 1. The van der Waals surface area contributed by atoms with E-state index in [0.717, 1.165) is 12.7 Å². The van der Waals surface area contributed by atoms with Gasteiger partial charge in [-0.15, -0.1) is 11.6 Å². The Bertz CT molecular complexity index is 532. The van der Waals surface area contributed by atoms with Gasteiger partial charge in [0, 0.05) is 16.9 Å². The molecule has 0 heterocycles. The number of hydrogen-bond donors (Lipinski definition) is 0. The number of allylic oxidation sites excluding steroid dienone is 4. The highest BCUT2D eigenvalue weighted by Crippen LogP contribution is 2.23. The normalized spacial score (nSPS) is 13.4. The van der Waals surface area contributed by atoms with E-state index in [9.17, 15) is 9.18 Å². The van der Waals surface area contributed by atoms with E-state index in [1.165, 1.54) is 6.07 Å². The third kappa shape index (κ3) is 6.86. The minimum Gasteiger partial charge on any atom is -0.303 e. The summed E-state index contributed by atoms with van der Waals surface area (Å²) < 4.78 is 13.9. The number of carbonyl (C=O) groups excluding carboxylic acids is 1. The molecule has 3 heteroatoms. The summed E-state index contributed by atoms with van der Waals surface area (Å²) in [6.07, 6.45) is 6.71. The summed E-state index contributed by atoms with van der Waals surface area (Å²) in [5.74, 6) is -0.654. The van der Waals surface area contributed by atoms with Gasteiger partial charge in [0.05, 0.1) is 0 Å². The zero-order valence-electron chi connectivity index (χ0n) is 13.5. The molecule has 0 aliphatic rings. The van der Waals surface area contributed by atoms with Crippen LogP contribution in [0, 0.1) is 5.82 Å². The van der Waals surface area contributed by atoms with Crippen molar-refractivity contribution in [2.24, 2.45) is 0 Å². The van der Waals surface area contributed by atoms with Crippen molar-refractivity contribution in [3.63, 3.8) is 0 Å². The van der Waals surface area contributed by atoms with Crippen molar-refractivity contribution in [3.05, 3.63) is 66.5 Å². The van der Waals surface area contributed by atoms with Crippen LogP contribution in [0.2, 0.25) is 0 Å². The van der Waals surface area contributed by atoms with Crippen molar-refractivity contribution >= 4 is 23.5 Å². The molecule has 0 aliphatic heterocycles. The molecule has 0 spiro atoms. The Morgan fingerprint density at radius 1 is 1.36 bits per heavy atom. The van der Waals surface area contributed by atoms with E-state index in [0.29, 0.717) is 22.1 Å². The van der Waals surface area contributed by atoms with Crippen LogP contribution in [-0.2, 0) is 4.79 Å². The summed E-state index contributed by atoms with van der Waals surface area (Å²) in [4.78, 5) is 10.6. The molecule has 0 N–H and O–H groups in total. The maximum Gasteiger partial charge on any atom is 0.131 e. The Kier molecular flexibility index (Phi) is 10.1. The van der Waals surface area contributed by atoms with Crippen LogP contribution in [-0.4, -0.2) is 11.7 Å². The predicted molar refractivity (Wildman–Crippen MR) is 94.9 cm³/mol. The molecule has 0 aliphatic carbocycles. The van der Waals surface area contributed by atoms with Crippen molar-refractivity contribution < 1.29 is 9.18 Å². The fourth-order valence-corrected chi connectivity index (χ4v) is 1.52. The highest BCUT2D eigenvalue weighted by molar-refractivity contribution is 6.20. The van der Waals surface area contributed by atoms with E-state index in [1.807, 2.05) is 6.92 Å². The average molecular weight is 323 g/mol. The number of rotatable bonds is 6. The van der Waals surface area contributed by atoms with Gasteiger partial charge in [-0.1, -0.05) is 57.4 Å². The van der Waals surface area contributed by atoms with Crippen molar-refractivity contribution in [2.75, 3.05) is 0 Å². The van der Waals surface area contributed by atoms with Gasteiger partial charge in [-0.05, 0) is 30.5 Å². The minimum absolute atomic E-state index is 0.297. The van der Waals surface area contributed by atoms with E-state index in [4.69, 9.17) is 11.6 Å². The largest absolute Gasteiger partial charge is 0.303 e. The number of benzene rings is 1. The van der Waals surface area contributed by atoms with Crippen molar-refractivity contribution in [3.8, 4) is 0 Å². The molecule has 0 bridgehead atoms. The quantitative estimate of drug-likeness (QED) is 0.361. The van der Waals surface area contributed by atoms with Crippen molar-refractivity contribution in [2.45, 2.75) is 38.5 Å². The zero-order chi connectivity index (χ0) is 17.1. The van der Waals surface area contributed by atoms with Crippen LogP contribution in [0.5, 0.6) is 0 Å². The molecule has 0 saturated carbocycles. The Hall–Kier alpha value is -1.67. The summed E-state index contributed by atoms with van der Waals surface area (Å²) >= 11 is 5.46. The second-order valence-electron chi connectivity index (χ2n) is 4.91. The van der Waals surface area contributed by atoms with Crippen LogP contribution in [0.3, 0.4) is 0 Å². The first kappa shape index (κ1) is 20.3. The summed E-state index contributed by atoms with van der Waals surface area (Å²) in [6.45, 7) is 13.0. The van der Waals surface area contributed by atoms with Gasteiger partial charge in [0.2, 0.25) is 0 Å². The van der Waals surface area contributed by atoms with E-state index in [1.54, 1.807) is 37.3 Å². The van der Waals surface area contributed by atoms with Crippen LogP contribution in [0.25, 0.3) is 5.57 Å². The van der Waals surface area contributed by atoms with Gasteiger partial charge in [-0.3, -0.25) is 0 Å². The summed E-state index contributed by atoms with van der Waals surface area (Å²) in [6, 6.07) is 4.79. The molecule has 1 rings (SSSR count). The van der Waals surface area contributed by atoms with Gasteiger partial charge in [-0.2, -0.15) is 0 Å². The lowest BCUT2D eigenvalue weighted by molar-refractivity contribution is -0.108. The fraction of sp³-hybridized carbons (Fsp3) is 0.316. The molecule has 120 valence electrons. The topological polar surface area (TPSA) is 17.1 Å². The molecule has 0 aromatic heterocycles. The first-order valence-corrected chi connectivity index (χ1v) is 7.69. The van der Waals surface area contributed by atoms with E-state index in [2.05, 4.69) is 20.1 Å².